The summed E-state index contributed by atoms with van der Waals surface area (Å²) in [5, 5.41) is 12.0. The van der Waals surface area contributed by atoms with E-state index in [0.717, 1.165) is 6.20 Å². The van der Waals surface area contributed by atoms with Crippen molar-refractivity contribution in [2.45, 2.75) is 32.2 Å². The SMILES string of the molecule is CC(=O)C1=C(C)Nc2ccnc(OS(=O)(=O)C(F)(F)F)c2C1c1ccc(C#N)cc1C. The van der Waals surface area contributed by atoms with Crippen molar-refractivity contribution in [1.29, 1.82) is 5.26 Å². The number of hydrogen-bond donors (Lipinski definition) is 1. The number of aryl methyl sites for hydroxylation is 1. The van der Waals surface area contributed by atoms with Crippen LogP contribution in [0, 0.1) is 18.3 Å². The number of nitrogens with one attached hydrogen (secondary N) is 1. The third-order valence-corrected chi connectivity index (χ3v) is 5.76. The van der Waals surface area contributed by atoms with Gasteiger partial charge in [-0.2, -0.15) is 26.9 Å². The van der Waals surface area contributed by atoms with Gasteiger partial charge in [0.15, 0.2) is 5.78 Å². The molecule has 1 unspecified atom stereocenters. The number of carbonyl (C=O) groups is 1. The fraction of sp³-hybridized carbons (Fsp3) is 0.250. The van der Waals surface area contributed by atoms with Crippen LogP contribution < -0.4 is 9.50 Å². The van der Waals surface area contributed by atoms with Crippen LogP contribution in [0.1, 0.15) is 42.0 Å². The topological polar surface area (TPSA) is 109 Å². The second kappa shape index (κ2) is 7.70. The van der Waals surface area contributed by atoms with Gasteiger partial charge in [0, 0.05) is 29.1 Å². The Hall–Kier alpha value is -3.39. The lowest BCUT2D eigenvalue weighted by atomic mass is 9.78. The van der Waals surface area contributed by atoms with E-state index in [1.807, 2.05) is 6.07 Å². The lowest BCUT2D eigenvalue weighted by Crippen LogP contribution is -2.30. The third-order valence-electron chi connectivity index (χ3n) is 4.82. The summed E-state index contributed by atoms with van der Waals surface area (Å²) in [6.07, 6.45) is 1.10. The summed E-state index contributed by atoms with van der Waals surface area (Å²) in [6.45, 7) is 4.59. The molecule has 2 heterocycles. The van der Waals surface area contributed by atoms with Crippen LogP contribution in [0.15, 0.2) is 41.7 Å². The van der Waals surface area contributed by atoms with Gasteiger partial charge in [-0.1, -0.05) is 6.07 Å². The Kier molecular flexibility index (Phi) is 5.54. The molecule has 0 spiro atoms. The van der Waals surface area contributed by atoms with Crippen molar-refractivity contribution >= 4 is 21.6 Å². The van der Waals surface area contributed by atoms with Gasteiger partial charge in [-0.3, -0.25) is 4.79 Å². The van der Waals surface area contributed by atoms with Crippen LogP contribution in [0.2, 0.25) is 0 Å². The maximum absolute atomic E-state index is 12.9. The minimum atomic E-state index is -6.00. The maximum atomic E-state index is 12.9. The van der Waals surface area contributed by atoms with Crippen molar-refractivity contribution < 1.29 is 30.6 Å². The van der Waals surface area contributed by atoms with E-state index < -0.39 is 27.4 Å². The number of fused-ring (bicyclic) bond motifs is 1. The number of aromatic nitrogens is 1. The van der Waals surface area contributed by atoms with Crippen molar-refractivity contribution in [3.8, 4) is 11.9 Å². The number of nitriles is 1. The molecule has 2 aromatic rings. The number of rotatable bonds is 4. The van der Waals surface area contributed by atoms with Crippen LogP contribution >= 0.6 is 0 Å². The molecular formula is C20H16F3N3O4S. The molecule has 1 N–H and O–H groups in total. The number of benzene rings is 1. The number of nitrogens with zero attached hydrogens (tertiary/aromatic N) is 2. The summed E-state index contributed by atoms with van der Waals surface area (Å²) >= 11 is 0. The first kappa shape index (κ1) is 22.3. The van der Waals surface area contributed by atoms with E-state index in [2.05, 4.69) is 14.5 Å². The van der Waals surface area contributed by atoms with Gasteiger partial charge in [0.25, 0.3) is 0 Å². The van der Waals surface area contributed by atoms with E-state index >= 15 is 0 Å². The van der Waals surface area contributed by atoms with E-state index in [9.17, 15) is 26.4 Å². The van der Waals surface area contributed by atoms with Gasteiger partial charge in [0.1, 0.15) is 0 Å². The predicted octanol–water partition coefficient (Wildman–Crippen LogP) is 3.91. The Balaban J connectivity index is 2.31. The summed E-state index contributed by atoms with van der Waals surface area (Å²) in [7, 11) is -6.00. The predicted molar refractivity (Wildman–Crippen MR) is 105 cm³/mol. The van der Waals surface area contributed by atoms with Gasteiger partial charge in [0.05, 0.1) is 17.2 Å². The Morgan fingerprint density at radius 3 is 2.48 bits per heavy atom. The first-order valence-corrected chi connectivity index (χ1v) is 10.3. The van der Waals surface area contributed by atoms with E-state index in [0.29, 0.717) is 22.4 Å². The summed E-state index contributed by atoms with van der Waals surface area (Å²) < 4.78 is 66.5. The number of halogens is 3. The highest BCUT2D eigenvalue weighted by Crippen LogP contribution is 2.47. The lowest BCUT2D eigenvalue weighted by molar-refractivity contribution is -0.113. The van der Waals surface area contributed by atoms with Gasteiger partial charge in [-0.15, -0.1) is 0 Å². The second-order valence-corrected chi connectivity index (χ2v) is 8.43. The zero-order valence-corrected chi connectivity index (χ0v) is 17.4. The highest BCUT2D eigenvalue weighted by atomic mass is 32.2. The van der Waals surface area contributed by atoms with Crippen molar-refractivity contribution in [2.75, 3.05) is 5.32 Å². The molecule has 1 aromatic carbocycles. The van der Waals surface area contributed by atoms with Gasteiger partial charge >= 0.3 is 15.6 Å². The Morgan fingerprint density at radius 2 is 1.94 bits per heavy atom. The number of allylic oxidation sites excluding steroid dienone is 2. The van der Waals surface area contributed by atoms with Crippen LogP contribution in [0.3, 0.4) is 0 Å². The molecule has 7 nitrogen and oxygen atoms in total. The molecule has 0 aliphatic carbocycles. The first-order valence-electron chi connectivity index (χ1n) is 8.86. The third kappa shape index (κ3) is 3.98. The standard InChI is InChI=1S/C20H16F3N3O4S/c1-10-8-13(9-24)4-5-14(10)17-16(12(3)27)11(2)26-15-6-7-25-19(18(15)17)30-31(28,29)20(21,22)23/h4-8,17,26H,1-3H3. The molecule has 1 atom stereocenters. The number of anilines is 1. The molecule has 11 heteroatoms. The average molecular weight is 451 g/mol. The number of ketones is 1. The zero-order chi connectivity index (χ0) is 23.1. The molecule has 31 heavy (non-hydrogen) atoms. The molecule has 0 bridgehead atoms. The summed E-state index contributed by atoms with van der Waals surface area (Å²) in [5.74, 6) is -2.13. The van der Waals surface area contributed by atoms with Gasteiger partial charge in [-0.25, -0.2) is 4.98 Å². The minimum absolute atomic E-state index is 0.0288. The van der Waals surface area contributed by atoms with Crippen LogP contribution in [-0.4, -0.2) is 24.7 Å². The van der Waals surface area contributed by atoms with Crippen molar-refractivity contribution in [3.05, 3.63) is 64.0 Å². The minimum Gasteiger partial charge on any atom is -0.358 e. The molecule has 162 valence electrons. The number of pyridine rings is 1. The Morgan fingerprint density at radius 1 is 1.26 bits per heavy atom. The average Bonchev–Trinajstić information content (AvgIpc) is 2.65. The molecule has 1 aliphatic rings. The van der Waals surface area contributed by atoms with Crippen LogP contribution in [0.5, 0.6) is 5.88 Å². The number of alkyl halides is 3. The zero-order valence-electron chi connectivity index (χ0n) is 16.5. The quantitative estimate of drug-likeness (QED) is 0.554. The second-order valence-electron chi connectivity index (χ2n) is 6.90. The van der Waals surface area contributed by atoms with Gasteiger partial charge in [-0.05, 0) is 50.1 Å². The Bertz CT molecular complexity index is 1260. The van der Waals surface area contributed by atoms with E-state index in [-0.39, 0.29) is 22.6 Å². The van der Waals surface area contributed by atoms with Gasteiger partial charge in [0.2, 0.25) is 5.88 Å². The van der Waals surface area contributed by atoms with Crippen LogP contribution in [-0.2, 0) is 14.9 Å². The normalized spacial score (nSPS) is 16.2. The highest BCUT2D eigenvalue weighted by molar-refractivity contribution is 7.87. The fourth-order valence-electron chi connectivity index (χ4n) is 3.54. The summed E-state index contributed by atoms with van der Waals surface area (Å²) in [5.41, 5.74) is -3.35. The van der Waals surface area contributed by atoms with Crippen LogP contribution in [0.4, 0.5) is 18.9 Å². The smallest absolute Gasteiger partial charge is 0.358 e. The van der Waals surface area contributed by atoms with Crippen LogP contribution in [0.25, 0.3) is 0 Å². The molecule has 1 aromatic heterocycles. The summed E-state index contributed by atoms with van der Waals surface area (Å²) in [6, 6.07) is 8.06. The van der Waals surface area contributed by atoms with E-state index in [1.54, 1.807) is 26.0 Å². The number of Topliss-reactive ketones (excluding diaryl/α,β-unsaturated/α-hetero) is 1. The lowest BCUT2D eigenvalue weighted by Gasteiger charge is -2.31. The molecule has 0 radical (unpaired) electrons. The molecule has 1 aliphatic heterocycles. The molecule has 0 amide bonds. The summed E-state index contributed by atoms with van der Waals surface area (Å²) in [4.78, 5) is 16.2. The van der Waals surface area contributed by atoms with E-state index in [1.165, 1.54) is 19.1 Å². The van der Waals surface area contributed by atoms with Crippen molar-refractivity contribution in [3.63, 3.8) is 0 Å². The van der Waals surface area contributed by atoms with Crippen molar-refractivity contribution in [1.82, 2.24) is 4.98 Å². The maximum Gasteiger partial charge on any atom is 0.534 e. The van der Waals surface area contributed by atoms with Crippen molar-refractivity contribution in [2.24, 2.45) is 0 Å². The Labute approximate surface area is 176 Å². The van der Waals surface area contributed by atoms with Gasteiger partial charge < -0.3 is 9.50 Å². The molecule has 0 fully saturated rings. The first-order chi connectivity index (χ1) is 14.4. The molecule has 0 saturated heterocycles. The number of hydrogen-bond acceptors (Lipinski definition) is 7. The monoisotopic (exact) mass is 451 g/mol. The largest absolute Gasteiger partial charge is 0.534 e. The number of carbonyl (C=O) groups excluding carboxylic acids is 1. The highest BCUT2D eigenvalue weighted by Gasteiger charge is 2.49. The molecule has 0 saturated carbocycles. The van der Waals surface area contributed by atoms with E-state index in [4.69, 9.17) is 5.26 Å². The fourth-order valence-corrected chi connectivity index (χ4v) is 3.97. The molecule has 3 rings (SSSR count). The molecular weight excluding hydrogens is 435 g/mol.